The van der Waals surface area contributed by atoms with Crippen LogP contribution in [0, 0.1) is 17.3 Å². The molecular formula is C36H41FN4O5Si. The summed E-state index contributed by atoms with van der Waals surface area (Å²) < 4.78 is 39.6. The molecule has 2 aromatic carbocycles. The molecule has 0 N–H and O–H groups in total. The Labute approximate surface area is 276 Å². The van der Waals surface area contributed by atoms with Crippen LogP contribution in [0.25, 0.3) is 11.0 Å². The number of likely N-dealkylation sites (tertiary alicyclic amines) is 1. The summed E-state index contributed by atoms with van der Waals surface area (Å²) in [6.07, 6.45) is 2.89. The van der Waals surface area contributed by atoms with Crippen molar-refractivity contribution in [2.75, 3.05) is 26.8 Å². The number of methoxy groups -OCH3 is 1. The number of hydrogen-bond donors (Lipinski definition) is 0. The first-order valence-electron chi connectivity index (χ1n) is 16.1. The summed E-state index contributed by atoms with van der Waals surface area (Å²) in [6, 6.07) is 15.9. The molecule has 2 fully saturated rings. The molecule has 11 heteroatoms. The van der Waals surface area contributed by atoms with Crippen LogP contribution in [-0.2, 0) is 29.2 Å². The minimum atomic E-state index is -1.55. The summed E-state index contributed by atoms with van der Waals surface area (Å²) in [6.45, 7) is 10.4. The zero-order valence-corrected chi connectivity index (χ0v) is 28.4. The number of piperidine rings is 1. The molecule has 4 heterocycles. The smallest absolute Gasteiger partial charge is 0.337 e. The van der Waals surface area contributed by atoms with Gasteiger partial charge in [-0.2, -0.15) is 0 Å². The van der Waals surface area contributed by atoms with Crippen LogP contribution in [-0.4, -0.2) is 72.5 Å². The number of esters is 1. The van der Waals surface area contributed by atoms with E-state index in [1.54, 1.807) is 18.2 Å². The summed E-state index contributed by atoms with van der Waals surface area (Å²) in [5, 5.41) is 0. The van der Waals surface area contributed by atoms with Crippen molar-refractivity contribution in [2.24, 2.45) is 0 Å². The van der Waals surface area contributed by atoms with Crippen LogP contribution < -0.4 is 9.47 Å². The number of imidazole rings is 1. The maximum Gasteiger partial charge on any atom is 0.337 e. The van der Waals surface area contributed by atoms with Crippen LogP contribution in [0.3, 0.4) is 0 Å². The Kier molecular flexibility index (Phi) is 9.91. The number of hydrogen-bond acceptors (Lipinski definition) is 8. The second-order valence-electron chi connectivity index (χ2n) is 13.1. The van der Waals surface area contributed by atoms with Crippen molar-refractivity contribution in [1.29, 1.82) is 0 Å². The maximum absolute atomic E-state index is 14.7. The molecule has 0 saturated carbocycles. The second kappa shape index (κ2) is 14.3. The molecule has 9 nitrogen and oxygen atoms in total. The van der Waals surface area contributed by atoms with E-state index in [0.717, 1.165) is 55.8 Å². The van der Waals surface area contributed by atoms with E-state index in [2.05, 4.69) is 45.6 Å². The van der Waals surface area contributed by atoms with Crippen molar-refractivity contribution < 1.29 is 28.1 Å². The molecule has 0 amide bonds. The molecule has 0 radical (unpaired) electrons. The fourth-order valence-corrected chi connectivity index (χ4v) is 6.16. The zero-order valence-electron chi connectivity index (χ0n) is 27.4. The van der Waals surface area contributed by atoms with Crippen molar-refractivity contribution in [3.05, 3.63) is 83.1 Å². The first-order chi connectivity index (χ1) is 22.6. The number of aromatic nitrogens is 3. The van der Waals surface area contributed by atoms with Gasteiger partial charge in [-0.25, -0.2) is 19.2 Å². The maximum atomic E-state index is 14.7. The average Bonchev–Trinajstić information content (AvgIpc) is 3.37. The van der Waals surface area contributed by atoms with E-state index < -0.39 is 13.9 Å². The van der Waals surface area contributed by atoms with Gasteiger partial charge in [0.2, 0.25) is 5.88 Å². The standard InChI is InChI=1S/C36H41FN4O5Si/c1-43-36(42)26-9-10-31-32(21-26)41(22-29-14-18-44-29)34(39-31)23-40-16-12-28(13-17-40)46-35-7-5-6-27(38-35)24-45-33-11-8-25(20-30(33)37)15-19-47(2,3)4/h5-11,20-21,28-29H,12-14,16-18,22-24H2,1-4H3/t29-/m0/s1. The number of benzene rings is 2. The van der Waals surface area contributed by atoms with Crippen LogP contribution >= 0.6 is 0 Å². The molecule has 0 spiro atoms. The molecule has 47 heavy (non-hydrogen) atoms. The third kappa shape index (κ3) is 8.38. The van der Waals surface area contributed by atoms with E-state index in [1.165, 1.54) is 13.2 Å². The number of rotatable bonds is 10. The van der Waals surface area contributed by atoms with Gasteiger partial charge >= 0.3 is 5.97 Å². The Morgan fingerprint density at radius 3 is 2.57 bits per heavy atom. The van der Waals surface area contributed by atoms with Crippen molar-refractivity contribution in [2.45, 2.75) is 70.8 Å². The zero-order chi connectivity index (χ0) is 33.0. The number of carbonyl (C=O) groups is 1. The normalized spacial score (nSPS) is 17.1. The SMILES string of the molecule is COC(=O)c1ccc2nc(CN3CCC(Oc4cccc(COc5ccc(C#C[Si](C)(C)C)cc5F)n4)CC3)n(C[C@@H]3CCO3)c2c1. The number of pyridine rings is 1. The van der Waals surface area contributed by atoms with Crippen molar-refractivity contribution in [1.82, 2.24) is 19.4 Å². The number of fused-ring (bicyclic) bond motifs is 1. The molecule has 2 aromatic heterocycles. The topological polar surface area (TPSA) is 87.9 Å². The molecule has 2 saturated heterocycles. The summed E-state index contributed by atoms with van der Waals surface area (Å²) >= 11 is 0. The predicted molar refractivity (Wildman–Crippen MR) is 180 cm³/mol. The minimum Gasteiger partial charge on any atom is -0.484 e. The molecule has 0 bridgehead atoms. The third-order valence-electron chi connectivity index (χ3n) is 8.29. The average molecular weight is 657 g/mol. The van der Waals surface area contributed by atoms with Crippen molar-refractivity contribution in [3.63, 3.8) is 0 Å². The Morgan fingerprint density at radius 1 is 1.06 bits per heavy atom. The lowest BCUT2D eigenvalue weighted by Gasteiger charge is -2.32. The molecule has 6 rings (SSSR count). The summed E-state index contributed by atoms with van der Waals surface area (Å²) in [4.78, 5) is 24.1. The van der Waals surface area contributed by atoms with Crippen LogP contribution in [0.4, 0.5) is 4.39 Å². The van der Waals surface area contributed by atoms with Crippen LogP contribution in [0.1, 0.15) is 46.7 Å². The van der Waals surface area contributed by atoms with Gasteiger partial charge in [0, 0.05) is 31.3 Å². The fraction of sp³-hybridized carbons (Fsp3) is 0.417. The van der Waals surface area contributed by atoms with Crippen molar-refractivity contribution in [3.8, 4) is 23.1 Å². The van der Waals surface area contributed by atoms with Gasteiger partial charge in [0.05, 0.1) is 48.6 Å². The molecule has 246 valence electrons. The van der Waals surface area contributed by atoms with E-state index >= 15 is 0 Å². The molecular weight excluding hydrogens is 616 g/mol. The fourth-order valence-electron chi connectivity index (χ4n) is 5.64. The number of ether oxygens (including phenoxy) is 4. The van der Waals surface area contributed by atoms with E-state index in [4.69, 9.17) is 23.9 Å². The quantitative estimate of drug-likeness (QED) is 0.117. The highest BCUT2D eigenvalue weighted by Crippen LogP contribution is 2.26. The Morgan fingerprint density at radius 2 is 1.87 bits per heavy atom. The first kappa shape index (κ1) is 32.7. The molecule has 2 aliphatic rings. The predicted octanol–water partition coefficient (Wildman–Crippen LogP) is 6.00. The molecule has 0 unspecified atom stereocenters. The van der Waals surface area contributed by atoms with Gasteiger partial charge in [-0.15, -0.1) is 5.54 Å². The van der Waals surface area contributed by atoms with Gasteiger partial charge in [0.1, 0.15) is 26.6 Å². The van der Waals surface area contributed by atoms with Gasteiger partial charge in [-0.1, -0.05) is 31.6 Å². The highest BCUT2D eigenvalue weighted by molar-refractivity contribution is 6.83. The van der Waals surface area contributed by atoms with Crippen LogP contribution in [0.5, 0.6) is 11.6 Å². The lowest BCUT2D eigenvalue weighted by atomic mass is 10.1. The third-order valence-corrected chi connectivity index (χ3v) is 9.16. The lowest BCUT2D eigenvalue weighted by Crippen LogP contribution is -2.39. The van der Waals surface area contributed by atoms with E-state index in [0.29, 0.717) is 35.8 Å². The Hall–Kier alpha value is -4.24. The van der Waals surface area contributed by atoms with Crippen molar-refractivity contribution >= 4 is 25.1 Å². The molecule has 1 atom stereocenters. The van der Waals surface area contributed by atoms with E-state index in [9.17, 15) is 9.18 Å². The molecule has 2 aliphatic heterocycles. The Balaban J connectivity index is 1.04. The summed E-state index contributed by atoms with van der Waals surface area (Å²) in [5.74, 6) is 3.93. The van der Waals surface area contributed by atoms with Gasteiger partial charge in [-0.05, 0) is 61.7 Å². The van der Waals surface area contributed by atoms with Gasteiger partial charge in [0.25, 0.3) is 0 Å². The van der Waals surface area contributed by atoms with E-state index in [1.807, 2.05) is 30.3 Å². The van der Waals surface area contributed by atoms with Gasteiger partial charge < -0.3 is 23.5 Å². The second-order valence-corrected chi connectivity index (χ2v) is 17.9. The van der Waals surface area contributed by atoms with Gasteiger partial charge in [-0.3, -0.25) is 4.90 Å². The van der Waals surface area contributed by atoms with Gasteiger partial charge in [0.15, 0.2) is 11.6 Å². The Bertz CT molecular complexity index is 1800. The largest absolute Gasteiger partial charge is 0.484 e. The number of nitrogens with zero attached hydrogens (tertiary/aromatic N) is 4. The highest BCUT2D eigenvalue weighted by Gasteiger charge is 2.26. The monoisotopic (exact) mass is 656 g/mol. The number of carbonyl (C=O) groups excluding carboxylic acids is 1. The van der Waals surface area contributed by atoms with Crippen LogP contribution in [0.2, 0.25) is 19.6 Å². The number of halogens is 1. The highest BCUT2D eigenvalue weighted by atomic mass is 28.3. The summed E-state index contributed by atoms with van der Waals surface area (Å²) in [5.41, 5.74) is 6.83. The van der Waals surface area contributed by atoms with Crippen LogP contribution in [0.15, 0.2) is 54.6 Å². The first-order valence-corrected chi connectivity index (χ1v) is 19.6. The summed E-state index contributed by atoms with van der Waals surface area (Å²) in [7, 11) is -0.157. The lowest BCUT2D eigenvalue weighted by molar-refractivity contribution is -0.0592. The molecule has 0 aliphatic carbocycles. The van der Waals surface area contributed by atoms with E-state index in [-0.39, 0.29) is 30.5 Å². The minimum absolute atomic E-state index is 0.0296. The molecule has 4 aromatic rings.